The van der Waals surface area contributed by atoms with Gasteiger partial charge in [0.15, 0.2) is 5.11 Å². The number of ether oxygens (including phenoxy) is 1. The minimum Gasteiger partial charge on any atom is -0.378 e. The highest BCUT2D eigenvalue weighted by molar-refractivity contribution is 7.80. The number of carbonyl (C=O) groups excluding carboxylic acids is 1. The maximum absolute atomic E-state index is 12.8. The number of thiocarbonyl (C=S) groups is 1. The summed E-state index contributed by atoms with van der Waals surface area (Å²) in [4.78, 5) is 25.4. The van der Waals surface area contributed by atoms with E-state index in [1.807, 2.05) is 4.90 Å². The van der Waals surface area contributed by atoms with Crippen molar-refractivity contribution in [3.05, 3.63) is 62.1 Å². The van der Waals surface area contributed by atoms with Crippen molar-refractivity contribution in [2.75, 3.05) is 36.5 Å². The molecule has 3 rings (SSSR count). The van der Waals surface area contributed by atoms with Crippen LogP contribution < -0.4 is 15.5 Å². The number of nitro benzene ring substituents is 1. The van der Waals surface area contributed by atoms with Crippen LogP contribution in [0.2, 0.25) is 10.0 Å². The van der Waals surface area contributed by atoms with E-state index in [0.29, 0.717) is 47.7 Å². The monoisotopic (exact) mass is 454 g/mol. The molecule has 2 aromatic rings. The molecule has 0 bridgehead atoms. The van der Waals surface area contributed by atoms with Crippen molar-refractivity contribution >= 4 is 63.5 Å². The Kier molecular flexibility index (Phi) is 6.86. The number of nitro groups is 1. The van der Waals surface area contributed by atoms with Gasteiger partial charge in [0.2, 0.25) is 0 Å². The highest BCUT2D eigenvalue weighted by Crippen LogP contribution is 2.27. The number of hydrogen-bond donors (Lipinski definition) is 2. The van der Waals surface area contributed by atoms with E-state index in [2.05, 4.69) is 10.6 Å². The number of nitrogens with one attached hydrogen (secondary N) is 2. The number of non-ortho nitro benzene ring substituents is 1. The van der Waals surface area contributed by atoms with E-state index in [4.69, 9.17) is 40.2 Å². The highest BCUT2D eigenvalue weighted by Gasteiger charge is 2.22. The Morgan fingerprint density at radius 3 is 2.55 bits per heavy atom. The smallest absolute Gasteiger partial charge is 0.270 e. The molecule has 8 nitrogen and oxygen atoms in total. The zero-order valence-electron chi connectivity index (χ0n) is 15.0. The maximum atomic E-state index is 12.8. The van der Waals surface area contributed by atoms with Crippen LogP contribution in [-0.4, -0.2) is 42.2 Å². The Bertz CT molecular complexity index is 967. The Labute approximate surface area is 181 Å². The Morgan fingerprint density at radius 2 is 1.90 bits per heavy atom. The molecule has 0 atom stereocenters. The van der Waals surface area contributed by atoms with Gasteiger partial charge in [-0.2, -0.15) is 0 Å². The van der Waals surface area contributed by atoms with Crippen molar-refractivity contribution in [1.29, 1.82) is 0 Å². The molecule has 0 unspecified atom stereocenters. The van der Waals surface area contributed by atoms with Gasteiger partial charge in [0.1, 0.15) is 0 Å². The fraction of sp³-hybridized carbons (Fsp3) is 0.222. The molecule has 1 amide bonds. The van der Waals surface area contributed by atoms with E-state index in [0.717, 1.165) is 0 Å². The molecule has 1 fully saturated rings. The summed E-state index contributed by atoms with van der Waals surface area (Å²) >= 11 is 17.1. The van der Waals surface area contributed by atoms with Crippen molar-refractivity contribution in [2.24, 2.45) is 0 Å². The predicted molar refractivity (Wildman–Crippen MR) is 116 cm³/mol. The van der Waals surface area contributed by atoms with Crippen LogP contribution in [0.15, 0.2) is 36.4 Å². The second-order valence-electron chi connectivity index (χ2n) is 6.09. The van der Waals surface area contributed by atoms with Gasteiger partial charge in [-0.05, 0) is 36.5 Å². The third-order valence-corrected chi connectivity index (χ3v) is 4.95. The molecule has 0 aliphatic carbocycles. The van der Waals surface area contributed by atoms with Gasteiger partial charge in [0.05, 0.1) is 40.1 Å². The summed E-state index contributed by atoms with van der Waals surface area (Å²) in [5.74, 6) is -0.572. The zero-order chi connectivity index (χ0) is 21.0. The van der Waals surface area contributed by atoms with Crippen molar-refractivity contribution in [3.63, 3.8) is 0 Å². The van der Waals surface area contributed by atoms with Crippen LogP contribution in [0, 0.1) is 10.1 Å². The molecule has 1 saturated heterocycles. The number of nitrogens with zero attached hydrogens (tertiary/aromatic N) is 2. The van der Waals surface area contributed by atoms with E-state index in [9.17, 15) is 14.9 Å². The van der Waals surface area contributed by atoms with Gasteiger partial charge in [-0.15, -0.1) is 0 Å². The largest absolute Gasteiger partial charge is 0.378 e. The first-order valence-electron chi connectivity index (χ1n) is 8.53. The molecule has 0 spiro atoms. The number of morpholine rings is 1. The van der Waals surface area contributed by atoms with Crippen LogP contribution >= 0.6 is 35.4 Å². The van der Waals surface area contributed by atoms with Crippen LogP contribution in [0.25, 0.3) is 0 Å². The molecule has 152 valence electrons. The Hall–Kier alpha value is -2.46. The molecule has 11 heteroatoms. The average Bonchev–Trinajstić information content (AvgIpc) is 2.70. The molecule has 2 aromatic carbocycles. The van der Waals surface area contributed by atoms with Crippen molar-refractivity contribution in [2.45, 2.75) is 0 Å². The van der Waals surface area contributed by atoms with E-state index >= 15 is 0 Å². The summed E-state index contributed by atoms with van der Waals surface area (Å²) in [5, 5.41) is 17.3. The lowest BCUT2D eigenvalue weighted by molar-refractivity contribution is -0.384. The molecular formula is C18H16Cl2N4O4S. The number of amides is 1. The SMILES string of the molecule is O=C(NC(=S)Nc1ccc(Cl)cc1Cl)c1cc([N+](=O)[O-])ccc1N1CCOCC1. The predicted octanol–water partition coefficient (Wildman–Crippen LogP) is 3.87. The van der Waals surface area contributed by atoms with Gasteiger partial charge >= 0.3 is 0 Å². The molecule has 29 heavy (non-hydrogen) atoms. The van der Waals surface area contributed by atoms with Gasteiger partial charge in [-0.3, -0.25) is 20.2 Å². The molecule has 1 aliphatic rings. The second-order valence-corrected chi connectivity index (χ2v) is 7.34. The molecule has 2 N–H and O–H groups in total. The number of hydrogen-bond acceptors (Lipinski definition) is 6. The number of rotatable bonds is 4. The van der Waals surface area contributed by atoms with E-state index in [1.54, 1.807) is 18.2 Å². The summed E-state index contributed by atoms with van der Waals surface area (Å²) in [6, 6.07) is 8.94. The van der Waals surface area contributed by atoms with Crippen LogP contribution in [0.5, 0.6) is 0 Å². The fourth-order valence-electron chi connectivity index (χ4n) is 2.81. The third kappa shape index (κ3) is 5.33. The highest BCUT2D eigenvalue weighted by atomic mass is 35.5. The first kappa shape index (κ1) is 21.3. The lowest BCUT2D eigenvalue weighted by Crippen LogP contribution is -2.39. The lowest BCUT2D eigenvalue weighted by atomic mass is 10.1. The topological polar surface area (TPSA) is 96.7 Å². The van der Waals surface area contributed by atoms with Gasteiger partial charge < -0.3 is 15.0 Å². The summed E-state index contributed by atoms with van der Waals surface area (Å²) in [5.41, 5.74) is 0.997. The van der Waals surface area contributed by atoms with Gasteiger partial charge in [-0.1, -0.05) is 23.2 Å². The first-order chi connectivity index (χ1) is 13.8. The molecular weight excluding hydrogens is 439 g/mol. The van der Waals surface area contributed by atoms with Crippen LogP contribution in [-0.2, 0) is 4.74 Å². The fourth-order valence-corrected chi connectivity index (χ4v) is 3.47. The molecule has 1 heterocycles. The number of anilines is 2. The van der Waals surface area contributed by atoms with Gasteiger partial charge in [0, 0.05) is 30.2 Å². The zero-order valence-corrected chi connectivity index (χ0v) is 17.3. The van der Waals surface area contributed by atoms with Crippen LogP contribution in [0.1, 0.15) is 10.4 Å². The molecule has 1 aliphatic heterocycles. The van der Waals surface area contributed by atoms with Crippen molar-refractivity contribution in [3.8, 4) is 0 Å². The minimum atomic E-state index is -0.572. The summed E-state index contributed by atoms with van der Waals surface area (Å²) in [6.07, 6.45) is 0. The Balaban J connectivity index is 1.81. The third-order valence-electron chi connectivity index (χ3n) is 4.19. The number of benzene rings is 2. The number of carbonyl (C=O) groups is 1. The van der Waals surface area contributed by atoms with Crippen molar-refractivity contribution in [1.82, 2.24) is 5.32 Å². The van der Waals surface area contributed by atoms with Crippen LogP contribution in [0.4, 0.5) is 17.1 Å². The summed E-state index contributed by atoms with van der Waals surface area (Å²) in [6.45, 7) is 2.16. The maximum Gasteiger partial charge on any atom is 0.270 e. The molecule has 0 aromatic heterocycles. The second kappa shape index (κ2) is 9.36. The minimum absolute atomic E-state index is 0.00124. The van der Waals surface area contributed by atoms with Crippen molar-refractivity contribution < 1.29 is 14.5 Å². The quantitative estimate of drug-likeness (QED) is 0.411. The number of halogens is 2. The normalized spacial score (nSPS) is 13.7. The lowest BCUT2D eigenvalue weighted by Gasteiger charge is -2.30. The van der Waals surface area contributed by atoms with Crippen LogP contribution in [0.3, 0.4) is 0 Å². The van der Waals surface area contributed by atoms with E-state index < -0.39 is 10.8 Å². The van der Waals surface area contributed by atoms with Gasteiger partial charge in [0.25, 0.3) is 11.6 Å². The summed E-state index contributed by atoms with van der Waals surface area (Å²) < 4.78 is 5.33. The average molecular weight is 455 g/mol. The molecule has 0 radical (unpaired) electrons. The molecule has 0 saturated carbocycles. The Morgan fingerprint density at radius 1 is 1.17 bits per heavy atom. The van der Waals surface area contributed by atoms with E-state index in [-0.39, 0.29) is 16.4 Å². The van der Waals surface area contributed by atoms with Gasteiger partial charge in [-0.25, -0.2) is 0 Å². The van der Waals surface area contributed by atoms with E-state index in [1.165, 1.54) is 18.2 Å². The standard InChI is InChI=1S/C18H16Cl2N4O4S/c19-11-1-3-15(14(20)9-11)21-18(29)22-17(25)13-10-12(24(26)27)2-4-16(13)23-5-7-28-8-6-23/h1-4,9-10H,5-8H2,(H2,21,22,25,29). The summed E-state index contributed by atoms with van der Waals surface area (Å²) in [7, 11) is 0. The first-order valence-corrected chi connectivity index (χ1v) is 9.70.